The van der Waals surface area contributed by atoms with Crippen molar-refractivity contribution in [3.63, 3.8) is 0 Å². The van der Waals surface area contributed by atoms with Gasteiger partial charge in [-0.1, -0.05) is 54.1 Å². The zero-order chi connectivity index (χ0) is 14.4. The maximum Gasteiger partial charge on any atom is 0.137 e. The highest BCUT2D eigenvalue weighted by molar-refractivity contribution is 6.37. The highest BCUT2D eigenvalue weighted by Gasteiger charge is 2.13. The van der Waals surface area contributed by atoms with Crippen molar-refractivity contribution in [2.24, 2.45) is 0 Å². The van der Waals surface area contributed by atoms with Gasteiger partial charge in [0, 0.05) is 21.5 Å². The number of fused-ring (bicyclic) bond motifs is 5. The molecule has 3 aromatic carbocycles. The van der Waals surface area contributed by atoms with Gasteiger partial charge >= 0.3 is 0 Å². The van der Waals surface area contributed by atoms with Crippen LogP contribution in [0.1, 0.15) is 0 Å². The van der Waals surface area contributed by atoms with Crippen LogP contribution in [-0.4, -0.2) is 12.1 Å². The summed E-state index contributed by atoms with van der Waals surface area (Å²) in [5, 5.41) is 5.88. The molecule has 0 saturated heterocycles. The molecule has 0 unspecified atom stereocenters. The lowest BCUT2D eigenvalue weighted by Gasteiger charge is -2.12. The molecule has 0 atom stereocenters. The number of benzene rings is 3. The molecule has 0 fully saturated rings. The van der Waals surface area contributed by atoms with Gasteiger partial charge in [-0.15, -0.1) is 0 Å². The van der Waals surface area contributed by atoms with Gasteiger partial charge in [-0.05, 0) is 17.5 Å². The maximum absolute atomic E-state index is 6.40. The summed E-state index contributed by atoms with van der Waals surface area (Å²) < 4.78 is 5.52. The number of hydrogen-bond acceptors (Lipinski definition) is 2. The van der Waals surface area contributed by atoms with Crippen LogP contribution in [0.2, 0.25) is 5.15 Å². The summed E-state index contributed by atoms with van der Waals surface area (Å²) in [5.74, 6) is 0.817. The fraction of sp³-hybridized carbons (Fsp3) is 0.0556. The molecule has 3 heteroatoms. The van der Waals surface area contributed by atoms with Crippen LogP contribution < -0.4 is 4.74 Å². The SMILES string of the molecule is COc1cc2c(Cl)nc3ccccc3c2c2ccccc12. The van der Waals surface area contributed by atoms with Gasteiger partial charge in [-0.25, -0.2) is 4.98 Å². The van der Waals surface area contributed by atoms with E-state index in [0.29, 0.717) is 5.15 Å². The molecule has 1 aromatic heterocycles. The molecule has 0 spiro atoms. The molecule has 4 aromatic rings. The molecule has 0 radical (unpaired) electrons. The minimum Gasteiger partial charge on any atom is -0.496 e. The average Bonchev–Trinajstić information content (AvgIpc) is 2.54. The third-order valence-electron chi connectivity index (χ3n) is 3.84. The molecule has 21 heavy (non-hydrogen) atoms. The molecule has 0 amide bonds. The van der Waals surface area contributed by atoms with Crippen molar-refractivity contribution >= 4 is 44.0 Å². The third-order valence-corrected chi connectivity index (χ3v) is 4.13. The van der Waals surface area contributed by atoms with E-state index in [4.69, 9.17) is 16.3 Å². The van der Waals surface area contributed by atoms with E-state index in [1.807, 2.05) is 36.4 Å². The first-order valence-corrected chi connectivity index (χ1v) is 7.11. The number of hydrogen-bond donors (Lipinski definition) is 0. The van der Waals surface area contributed by atoms with Crippen LogP contribution in [0.4, 0.5) is 0 Å². The van der Waals surface area contributed by atoms with Crippen LogP contribution in [0.5, 0.6) is 5.75 Å². The van der Waals surface area contributed by atoms with Crippen molar-refractivity contribution in [1.29, 1.82) is 0 Å². The smallest absolute Gasteiger partial charge is 0.137 e. The molecule has 0 saturated carbocycles. The van der Waals surface area contributed by atoms with Crippen LogP contribution in [0, 0.1) is 0 Å². The highest BCUT2D eigenvalue weighted by atomic mass is 35.5. The van der Waals surface area contributed by atoms with Gasteiger partial charge in [0.15, 0.2) is 0 Å². The Hall–Kier alpha value is -2.32. The van der Waals surface area contributed by atoms with Crippen LogP contribution in [-0.2, 0) is 0 Å². The molecular weight excluding hydrogens is 282 g/mol. The Labute approximate surface area is 126 Å². The van der Waals surface area contributed by atoms with Crippen LogP contribution in [0.25, 0.3) is 32.4 Å². The first-order valence-electron chi connectivity index (χ1n) is 6.73. The summed E-state index contributed by atoms with van der Waals surface area (Å²) in [4.78, 5) is 4.50. The quantitative estimate of drug-likeness (QED) is 0.355. The normalized spacial score (nSPS) is 11.3. The fourth-order valence-electron chi connectivity index (χ4n) is 2.91. The molecule has 2 nitrogen and oxygen atoms in total. The van der Waals surface area contributed by atoms with Gasteiger partial charge in [0.2, 0.25) is 0 Å². The van der Waals surface area contributed by atoms with Gasteiger partial charge in [0.1, 0.15) is 10.9 Å². The maximum atomic E-state index is 6.40. The monoisotopic (exact) mass is 293 g/mol. The lowest BCUT2D eigenvalue weighted by Crippen LogP contribution is -1.90. The topological polar surface area (TPSA) is 22.1 Å². The predicted octanol–water partition coefficient (Wildman–Crippen LogP) is 5.20. The summed E-state index contributed by atoms with van der Waals surface area (Å²) in [6.07, 6.45) is 0. The molecule has 4 rings (SSSR count). The highest BCUT2D eigenvalue weighted by Crippen LogP contribution is 2.39. The number of pyridine rings is 1. The molecule has 0 aliphatic rings. The minimum atomic E-state index is 0.507. The second kappa shape index (κ2) is 4.61. The van der Waals surface area contributed by atoms with E-state index in [2.05, 4.69) is 23.2 Å². The van der Waals surface area contributed by atoms with Crippen LogP contribution in [0.15, 0.2) is 54.6 Å². The van der Waals surface area contributed by atoms with Gasteiger partial charge in [-0.3, -0.25) is 0 Å². The molecule has 0 aliphatic heterocycles. The Morgan fingerprint density at radius 2 is 1.52 bits per heavy atom. The van der Waals surface area contributed by atoms with Gasteiger partial charge in [0.05, 0.1) is 12.6 Å². The third kappa shape index (κ3) is 1.76. The van der Waals surface area contributed by atoms with E-state index in [-0.39, 0.29) is 0 Å². The molecule has 0 N–H and O–H groups in total. The second-order valence-electron chi connectivity index (χ2n) is 4.97. The van der Waals surface area contributed by atoms with E-state index in [9.17, 15) is 0 Å². The molecule has 1 heterocycles. The van der Waals surface area contributed by atoms with Crippen molar-refractivity contribution in [2.75, 3.05) is 7.11 Å². The molecule has 0 aliphatic carbocycles. The van der Waals surface area contributed by atoms with E-state index in [1.165, 1.54) is 0 Å². The number of halogens is 1. The van der Waals surface area contributed by atoms with Crippen molar-refractivity contribution < 1.29 is 4.74 Å². The summed E-state index contributed by atoms with van der Waals surface area (Å²) in [6, 6.07) is 18.3. The van der Waals surface area contributed by atoms with Crippen LogP contribution in [0.3, 0.4) is 0 Å². The number of nitrogens with zero attached hydrogens (tertiary/aromatic N) is 1. The lowest BCUT2D eigenvalue weighted by molar-refractivity contribution is 0.420. The molecular formula is C18H12ClNO. The Kier molecular flexibility index (Phi) is 2.72. The Balaban J connectivity index is 2.37. The van der Waals surface area contributed by atoms with Crippen molar-refractivity contribution in [2.45, 2.75) is 0 Å². The largest absolute Gasteiger partial charge is 0.496 e. The predicted molar refractivity (Wildman–Crippen MR) is 88.3 cm³/mol. The Morgan fingerprint density at radius 1 is 0.857 bits per heavy atom. The number of methoxy groups -OCH3 is 1. The number of ether oxygens (including phenoxy) is 1. The van der Waals surface area contributed by atoms with E-state index in [1.54, 1.807) is 7.11 Å². The van der Waals surface area contributed by atoms with Crippen LogP contribution >= 0.6 is 11.6 Å². The number of aromatic nitrogens is 1. The van der Waals surface area contributed by atoms with E-state index >= 15 is 0 Å². The van der Waals surface area contributed by atoms with Gasteiger partial charge < -0.3 is 4.74 Å². The summed E-state index contributed by atoms with van der Waals surface area (Å²) in [7, 11) is 1.68. The van der Waals surface area contributed by atoms with Crippen molar-refractivity contribution in [1.82, 2.24) is 4.98 Å². The van der Waals surface area contributed by atoms with Gasteiger partial charge in [-0.2, -0.15) is 0 Å². The standard InChI is InChI=1S/C18H12ClNO/c1-21-16-10-14-17(12-7-3-2-6-11(12)16)13-8-4-5-9-15(13)20-18(14)19/h2-10H,1H3. The molecule has 0 bridgehead atoms. The van der Waals surface area contributed by atoms with E-state index in [0.717, 1.165) is 38.2 Å². The second-order valence-corrected chi connectivity index (χ2v) is 5.32. The van der Waals surface area contributed by atoms with Crippen molar-refractivity contribution in [3.8, 4) is 5.75 Å². The van der Waals surface area contributed by atoms with E-state index < -0.39 is 0 Å². The van der Waals surface area contributed by atoms with Gasteiger partial charge in [0.25, 0.3) is 0 Å². The summed E-state index contributed by atoms with van der Waals surface area (Å²) in [5.41, 5.74) is 0.908. The number of rotatable bonds is 1. The lowest BCUT2D eigenvalue weighted by atomic mass is 9.99. The molecule has 102 valence electrons. The fourth-order valence-corrected chi connectivity index (χ4v) is 3.15. The zero-order valence-corrected chi connectivity index (χ0v) is 12.2. The average molecular weight is 294 g/mol. The summed E-state index contributed by atoms with van der Waals surface area (Å²) in [6.45, 7) is 0. The minimum absolute atomic E-state index is 0.507. The summed E-state index contributed by atoms with van der Waals surface area (Å²) >= 11 is 6.40. The zero-order valence-electron chi connectivity index (χ0n) is 11.4. The van der Waals surface area contributed by atoms with Crippen molar-refractivity contribution in [3.05, 3.63) is 59.8 Å². The first-order chi connectivity index (χ1) is 10.3. The Bertz CT molecular complexity index is 994. The first kappa shape index (κ1) is 12.4. The number of para-hydroxylation sites is 1. The Morgan fingerprint density at radius 3 is 2.29 bits per heavy atom.